The van der Waals surface area contributed by atoms with Gasteiger partial charge in [0.1, 0.15) is 36.6 Å². The number of methoxy groups -OCH3 is 2. The van der Waals surface area contributed by atoms with E-state index in [0.29, 0.717) is 32.1 Å². The number of rotatable bonds is 11. The molecule has 0 spiro atoms. The van der Waals surface area contributed by atoms with Crippen LogP contribution in [0.25, 0.3) is 0 Å². The first kappa shape index (κ1) is 42.1. The average molecular weight is 761 g/mol. The first-order valence-corrected chi connectivity index (χ1v) is 20.0. The van der Waals surface area contributed by atoms with E-state index in [1.807, 2.05) is 13.8 Å². The Morgan fingerprint density at radius 1 is 0.717 bits per heavy atom. The third-order valence-electron chi connectivity index (χ3n) is 15.2. The Morgan fingerprint density at radius 3 is 2.06 bits per heavy atom. The van der Waals surface area contributed by atoms with Crippen molar-refractivity contribution >= 4 is 0 Å². The summed E-state index contributed by atoms with van der Waals surface area (Å²) in [4.78, 5) is 0. The normalized spacial score (nSPS) is 52.8. The van der Waals surface area contributed by atoms with E-state index < -0.39 is 102 Å². The second-order valence-corrected chi connectivity index (χ2v) is 18.4. The summed E-state index contributed by atoms with van der Waals surface area (Å²) < 4.78 is 34.7. The number of fused-ring (bicyclic) bond motifs is 5. The predicted molar refractivity (Wildman–Crippen MR) is 189 cm³/mol. The molecule has 0 aromatic heterocycles. The first-order chi connectivity index (χ1) is 24.9. The number of aliphatic hydroxyl groups is 8. The van der Waals surface area contributed by atoms with Gasteiger partial charge in [0.2, 0.25) is 0 Å². The minimum atomic E-state index is -1.36. The van der Waals surface area contributed by atoms with Crippen molar-refractivity contribution in [2.45, 2.75) is 171 Å². The van der Waals surface area contributed by atoms with Crippen LogP contribution in [0.1, 0.15) is 86.0 Å². The van der Waals surface area contributed by atoms with Crippen molar-refractivity contribution in [2.75, 3.05) is 27.4 Å². The lowest BCUT2D eigenvalue weighted by atomic mass is 9.41. The summed E-state index contributed by atoms with van der Waals surface area (Å²) in [7, 11) is 2.95. The van der Waals surface area contributed by atoms with Crippen LogP contribution in [-0.2, 0) is 28.4 Å². The third kappa shape index (κ3) is 7.28. The molecule has 6 rings (SSSR count). The van der Waals surface area contributed by atoms with Crippen LogP contribution in [0.2, 0.25) is 0 Å². The van der Waals surface area contributed by atoms with Crippen molar-refractivity contribution in [1.82, 2.24) is 0 Å². The SMILES string of the molecule is CO[C@@H]1[C@@H](O[C@H]2CC[C@@]3(C)[C@@H]([C@@H]2O)[C@H](O)C[C@@]2(O)[C@H]3CC[C@]3(C)[C@H]([C@H](C)CC[C@H](O[C@H]4OC[C@H](O)[C@@H](O)[C@@H]4O)C(C)C)C[C@@H](O)[C@@H]32)OC[C@H](OC)[C@H]1O. The maximum atomic E-state index is 12.9. The van der Waals surface area contributed by atoms with E-state index in [9.17, 15) is 40.9 Å². The molecular weight excluding hydrogens is 692 g/mol. The zero-order valence-electron chi connectivity index (χ0n) is 32.6. The van der Waals surface area contributed by atoms with Gasteiger partial charge in [0.05, 0.1) is 49.3 Å². The van der Waals surface area contributed by atoms with Crippen LogP contribution >= 0.6 is 0 Å². The topological polar surface area (TPSA) is 217 Å². The van der Waals surface area contributed by atoms with Crippen LogP contribution < -0.4 is 0 Å². The maximum Gasteiger partial charge on any atom is 0.186 e. The molecule has 2 heterocycles. The molecule has 14 nitrogen and oxygen atoms in total. The van der Waals surface area contributed by atoms with Crippen LogP contribution in [0, 0.1) is 46.3 Å². The number of aliphatic hydroxyl groups excluding tert-OH is 7. The van der Waals surface area contributed by atoms with E-state index in [-0.39, 0.29) is 49.4 Å². The fourth-order valence-corrected chi connectivity index (χ4v) is 12.4. The molecule has 6 fully saturated rings. The standard InChI is InChI=1S/C39H68O14/c1-18(2)24(52-35-32(46)29(43)23(42)16-50-35)9-8-19(3)20-14-21(40)34-37(20,4)13-11-27-38(5)12-10-25(30(44)28(38)22(41)15-39(27,34)47)53-36-33(49-7)31(45)26(48-6)17-51-36/h18-36,40-47H,8-17H2,1-7H3/t19-,20+,21-,22-,23+,24+,25+,26+,27+,28-,29-,30-,31-,32+,33+,34+,35-,36-,37-,38-,39-/m1/s1. The molecule has 53 heavy (non-hydrogen) atoms. The van der Waals surface area contributed by atoms with Gasteiger partial charge in [-0.15, -0.1) is 0 Å². The largest absolute Gasteiger partial charge is 0.393 e. The molecule has 21 atom stereocenters. The second-order valence-electron chi connectivity index (χ2n) is 18.4. The Balaban J connectivity index is 1.13. The Labute approximate surface area is 314 Å². The molecule has 0 bridgehead atoms. The van der Waals surface area contributed by atoms with E-state index in [4.69, 9.17) is 28.4 Å². The van der Waals surface area contributed by atoms with Crippen molar-refractivity contribution in [3.8, 4) is 0 Å². The van der Waals surface area contributed by atoms with E-state index in [0.717, 1.165) is 12.8 Å². The summed E-state index contributed by atoms with van der Waals surface area (Å²) in [5, 5.41) is 89.7. The summed E-state index contributed by atoms with van der Waals surface area (Å²) in [6.45, 7) is 10.5. The van der Waals surface area contributed by atoms with Gasteiger partial charge in [-0.1, -0.05) is 34.6 Å². The van der Waals surface area contributed by atoms with Crippen LogP contribution in [0.5, 0.6) is 0 Å². The van der Waals surface area contributed by atoms with Crippen molar-refractivity contribution in [3.05, 3.63) is 0 Å². The van der Waals surface area contributed by atoms with Crippen molar-refractivity contribution in [3.63, 3.8) is 0 Å². The maximum absolute atomic E-state index is 12.9. The van der Waals surface area contributed by atoms with Gasteiger partial charge in [-0.2, -0.15) is 0 Å². The Morgan fingerprint density at radius 2 is 1.40 bits per heavy atom. The van der Waals surface area contributed by atoms with Gasteiger partial charge in [-0.3, -0.25) is 0 Å². The fraction of sp³-hybridized carbons (Fsp3) is 1.00. The van der Waals surface area contributed by atoms with Gasteiger partial charge in [0, 0.05) is 32.5 Å². The van der Waals surface area contributed by atoms with E-state index in [1.165, 1.54) is 14.2 Å². The lowest BCUT2D eigenvalue weighted by Crippen LogP contribution is -2.71. The molecule has 0 aromatic rings. The summed E-state index contributed by atoms with van der Waals surface area (Å²) >= 11 is 0. The van der Waals surface area contributed by atoms with Gasteiger partial charge in [-0.05, 0) is 79.4 Å². The zero-order chi connectivity index (χ0) is 38.8. The van der Waals surface area contributed by atoms with Crippen molar-refractivity contribution in [1.29, 1.82) is 0 Å². The molecule has 4 aliphatic carbocycles. The monoisotopic (exact) mass is 760 g/mol. The quantitative estimate of drug-likeness (QED) is 0.136. The molecule has 0 amide bonds. The van der Waals surface area contributed by atoms with Crippen LogP contribution in [0.15, 0.2) is 0 Å². The number of hydrogen-bond acceptors (Lipinski definition) is 14. The molecule has 14 heteroatoms. The number of hydrogen-bond donors (Lipinski definition) is 8. The van der Waals surface area contributed by atoms with Gasteiger partial charge in [-0.25, -0.2) is 0 Å². The molecule has 2 aliphatic heterocycles. The lowest BCUT2D eigenvalue weighted by molar-refractivity contribution is -0.321. The minimum absolute atomic E-state index is 0.0442. The third-order valence-corrected chi connectivity index (χ3v) is 15.2. The predicted octanol–water partition coefficient (Wildman–Crippen LogP) is 0.702. The smallest absolute Gasteiger partial charge is 0.186 e. The summed E-state index contributed by atoms with van der Waals surface area (Å²) in [6.07, 6.45) is -7.49. The molecule has 4 saturated carbocycles. The average Bonchev–Trinajstić information content (AvgIpc) is 3.38. The number of ether oxygens (including phenoxy) is 6. The Bertz CT molecular complexity index is 1230. The van der Waals surface area contributed by atoms with Crippen LogP contribution in [-0.4, -0.2) is 154 Å². The molecule has 308 valence electrons. The van der Waals surface area contributed by atoms with E-state index in [1.54, 1.807) is 0 Å². The van der Waals surface area contributed by atoms with Gasteiger partial charge in [0.15, 0.2) is 12.6 Å². The highest BCUT2D eigenvalue weighted by Gasteiger charge is 2.72. The summed E-state index contributed by atoms with van der Waals surface area (Å²) in [6, 6.07) is 0. The van der Waals surface area contributed by atoms with E-state index in [2.05, 4.69) is 20.8 Å². The Kier molecular flexibility index (Phi) is 12.7. The summed E-state index contributed by atoms with van der Waals surface area (Å²) in [5.41, 5.74) is -2.35. The lowest BCUT2D eigenvalue weighted by Gasteiger charge is -2.66. The highest BCUT2D eigenvalue weighted by molar-refractivity contribution is 5.21. The molecule has 2 saturated heterocycles. The summed E-state index contributed by atoms with van der Waals surface area (Å²) in [5.74, 6) is -0.926. The fourth-order valence-electron chi connectivity index (χ4n) is 12.4. The van der Waals surface area contributed by atoms with Gasteiger partial charge >= 0.3 is 0 Å². The molecule has 0 unspecified atom stereocenters. The molecule has 6 aliphatic rings. The molecular formula is C39H68O14. The van der Waals surface area contributed by atoms with E-state index >= 15 is 0 Å². The van der Waals surface area contributed by atoms with Gasteiger partial charge in [0.25, 0.3) is 0 Å². The van der Waals surface area contributed by atoms with Crippen LogP contribution in [0.3, 0.4) is 0 Å². The highest BCUT2D eigenvalue weighted by atomic mass is 16.7. The first-order valence-electron chi connectivity index (χ1n) is 20.0. The zero-order valence-corrected chi connectivity index (χ0v) is 32.6. The van der Waals surface area contributed by atoms with Gasteiger partial charge < -0.3 is 69.3 Å². The molecule has 8 N–H and O–H groups in total. The van der Waals surface area contributed by atoms with Crippen molar-refractivity contribution in [2.24, 2.45) is 46.3 Å². The van der Waals surface area contributed by atoms with Crippen molar-refractivity contribution < 1.29 is 69.3 Å². The molecule has 0 aromatic carbocycles. The highest BCUT2D eigenvalue weighted by Crippen LogP contribution is 2.70. The molecule has 0 radical (unpaired) electrons. The van der Waals surface area contributed by atoms with Crippen LogP contribution in [0.4, 0.5) is 0 Å². The second kappa shape index (κ2) is 16.0. The minimum Gasteiger partial charge on any atom is -0.393 e. The Hall–Kier alpha value is -0.560.